The molecule has 0 aromatic heterocycles. The Balaban J connectivity index is 1.51. The highest BCUT2D eigenvalue weighted by molar-refractivity contribution is 6.45. The first kappa shape index (κ1) is 17.3. The van der Waals surface area contributed by atoms with E-state index in [9.17, 15) is 0 Å². The van der Waals surface area contributed by atoms with Crippen LogP contribution in [-0.2, 0) is 9.31 Å². The van der Waals surface area contributed by atoms with E-state index in [1.165, 1.54) is 64.6 Å². The topological polar surface area (TPSA) is 21.7 Å². The van der Waals surface area contributed by atoms with E-state index < -0.39 is 0 Å². The Morgan fingerprint density at radius 1 is 0.810 bits per heavy atom. The SMILES string of the molecule is CC1(C)OB(CCCCCCN2CCCCC2)OC1(C)C. The van der Waals surface area contributed by atoms with Gasteiger partial charge in [0, 0.05) is 0 Å². The first-order valence-corrected chi connectivity index (χ1v) is 8.99. The molecule has 2 fully saturated rings. The van der Waals surface area contributed by atoms with Gasteiger partial charge in [0.15, 0.2) is 0 Å². The molecule has 2 saturated heterocycles. The van der Waals surface area contributed by atoms with E-state index >= 15 is 0 Å². The summed E-state index contributed by atoms with van der Waals surface area (Å²) in [6.45, 7) is 12.5. The Bertz CT molecular complexity index is 298. The molecule has 2 aliphatic heterocycles. The van der Waals surface area contributed by atoms with Gasteiger partial charge in [-0.2, -0.15) is 0 Å². The Labute approximate surface area is 131 Å². The maximum Gasteiger partial charge on any atom is 0.457 e. The molecule has 0 aromatic rings. The van der Waals surface area contributed by atoms with Gasteiger partial charge in [-0.25, -0.2) is 0 Å². The predicted molar refractivity (Wildman–Crippen MR) is 89.6 cm³/mol. The second-order valence-electron chi connectivity index (χ2n) is 7.79. The number of hydrogen-bond donors (Lipinski definition) is 0. The van der Waals surface area contributed by atoms with Crippen LogP contribution in [0.15, 0.2) is 0 Å². The molecule has 0 bridgehead atoms. The molecule has 3 nitrogen and oxygen atoms in total. The first-order valence-electron chi connectivity index (χ1n) is 8.99. The fourth-order valence-electron chi connectivity index (χ4n) is 3.27. The summed E-state index contributed by atoms with van der Waals surface area (Å²) in [6.07, 6.45) is 10.5. The lowest BCUT2D eigenvalue weighted by Crippen LogP contribution is -2.41. The Morgan fingerprint density at radius 2 is 1.38 bits per heavy atom. The van der Waals surface area contributed by atoms with E-state index in [0.29, 0.717) is 0 Å². The van der Waals surface area contributed by atoms with Gasteiger partial charge in [-0.05, 0) is 72.9 Å². The van der Waals surface area contributed by atoms with Crippen molar-refractivity contribution in [3.05, 3.63) is 0 Å². The van der Waals surface area contributed by atoms with Crippen LogP contribution in [0.4, 0.5) is 0 Å². The molecule has 4 heteroatoms. The molecule has 2 aliphatic rings. The number of hydrogen-bond acceptors (Lipinski definition) is 3. The summed E-state index contributed by atoms with van der Waals surface area (Å²) >= 11 is 0. The molecule has 0 radical (unpaired) electrons. The van der Waals surface area contributed by atoms with E-state index in [4.69, 9.17) is 9.31 Å². The smallest absolute Gasteiger partial charge is 0.403 e. The molecular formula is C17H34BNO2. The molecule has 0 aliphatic carbocycles. The first-order chi connectivity index (χ1) is 9.91. The van der Waals surface area contributed by atoms with E-state index in [-0.39, 0.29) is 18.3 Å². The second kappa shape index (κ2) is 7.48. The number of likely N-dealkylation sites (tertiary alicyclic amines) is 1. The standard InChI is InChI=1S/C17H34BNO2/c1-16(2)17(3,4)21-18(20-16)12-8-5-6-9-13-19-14-10-7-11-15-19/h5-15H2,1-4H3. The molecule has 0 amide bonds. The fraction of sp³-hybridized carbons (Fsp3) is 1.00. The summed E-state index contributed by atoms with van der Waals surface area (Å²) < 4.78 is 12.1. The molecule has 21 heavy (non-hydrogen) atoms. The maximum atomic E-state index is 6.04. The van der Waals surface area contributed by atoms with Gasteiger partial charge in [0.2, 0.25) is 0 Å². The Kier molecular flexibility index (Phi) is 6.16. The van der Waals surface area contributed by atoms with Gasteiger partial charge >= 0.3 is 7.12 Å². The lowest BCUT2D eigenvalue weighted by Gasteiger charge is -2.32. The van der Waals surface area contributed by atoms with Crippen molar-refractivity contribution in [1.29, 1.82) is 0 Å². The lowest BCUT2D eigenvalue weighted by atomic mass is 9.82. The number of nitrogens with zero attached hydrogens (tertiary/aromatic N) is 1. The third-order valence-electron chi connectivity index (χ3n) is 5.41. The van der Waals surface area contributed by atoms with Crippen LogP contribution >= 0.6 is 0 Å². The molecule has 2 rings (SSSR count). The van der Waals surface area contributed by atoms with Crippen LogP contribution in [0, 0.1) is 0 Å². The van der Waals surface area contributed by atoms with Crippen LogP contribution in [0.25, 0.3) is 0 Å². The minimum absolute atomic E-state index is 0.00269. The summed E-state index contributed by atoms with van der Waals surface area (Å²) in [5.74, 6) is 0. The number of rotatable bonds is 7. The fourth-order valence-corrected chi connectivity index (χ4v) is 3.27. The van der Waals surface area contributed by atoms with E-state index in [0.717, 1.165) is 6.32 Å². The van der Waals surface area contributed by atoms with Gasteiger partial charge in [0.25, 0.3) is 0 Å². The quantitative estimate of drug-likeness (QED) is 0.521. The normalized spacial score (nSPS) is 25.4. The maximum absolute atomic E-state index is 6.04. The average molecular weight is 295 g/mol. The van der Waals surface area contributed by atoms with Crippen LogP contribution in [-0.4, -0.2) is 42.9 Å². The molecule has 0 N–H and O–H groups in total. The monoisotopic (exact) mass is 295 g/mol. The Hall–Kier alpha value is -0.0551. The Morgan fingerprint density at radius 3 is 2.00 bits per heavy atom. The average Bonchev–Trinajstić information content (AvgIpc) is 2.63. The van der Waals surface area contributed by atoms with Crippen LogP contribution in [0.5, 0.6) is 0 Å². The zero-order valence-corrected chi connectivity index (χ0v) is 14.6. The van der Waals surface area contributed by atoms with E-state index in [1.54, 1.807) is 0 Å². The van der Waals surface area contributed by atoms with Gasteiger partial charge in [-0.1, -0.05) is 25.7 Å². The summed E-state index contributed by atoms with van der Waals surface area (Å²) in [6, 6.07) is 0. The van der Waals surface area contributed by atoms with Crippen molar-refractivity contribution >= 4 is 7.12 Å². The van der Waals surface area contributed by atoms with Crippen molar-refractivity contribution < 1.29 is 9.31 Å². The molecular weight excluding hydrogens is 261 g/mol. The van der Waals surface area contributed by atoms with Crippen molar-refractivity contribution in [3.63, 3.8) is 0 Å². The van der Waals surface area contributed by atoms with Crippen molar-refractivity contribution in [2.24, 2.45) is 0 Å². The minimum Gasteiger partial charge on any atom is -0.403 e. The van der Waals surface area contributed by atoms with Gasteiger partial charge in [0.1, 0.15) is 0 Å². The second-order valence-corrected chi connectivity index (χ2v) is 7.79. The minimum atomic E-state index is -0.175. The van der Waals surface area contributed by atoms with Crippen molar-refractivity contribution in [2.75, 3.05) is 19.6 Å². The highest BCUT2D eigenvalue weighted by Gasteiger charge is 2.50. The third kappa shape index (κ3) is 4.97. The number of unbranched alkanes of at least 4 members (excludes halogenated alkanes) is 3. The van der Waals surface area contributed by atoms with Crippen LogP contribution in [0.1, 0.15) is 72.6 Å². The highest BCUT2D eigenvalue weighted by atomic mass is 16.7. The van der Waals surface area contributed by atoms with E-state index in [2.05, 4.69) is 32.6 Å². The van der Waals surface area contributed by atoms with Gasteiger partial charge in [0.05, 0.1) is 11.2 Å². The zero-order chi connectivity index (χ0) is 15.3. The number of piperidine rings is 1. The highest BCUT2D eigenvalue weighted by Crippen LogP contribution is 2.38. The third-order valence-corrected chi connectivity index (χ3v) is 5.41. The molecule has 122 valence electrons. The van der Waals surface area contributed by atoms with Crippen molar-refractivity contribution in [1.82, 2.24) is 4.90 Å². The van der Waals surface area contributed by atoms with E-state index in [1.807, 2.05) is 0 Å². The largest absolute Gasteiger partial charge is 0.457 e. The summed E-state index contributed by atoms with van der Waals surface area (Å²) in [5, 5.41) is 0. The van der Waals surface area contributed by atoms with Crippen LogP contribution in [0.3, 0.4) is 0 Å². The van der Waals surface area contributed by atoms with Crippen LogP contribution < -0.4 is 0 Å². The predicted octanol–water partition coefficient (Wildman–Crippen LogP) is 4.12. The summed E-state index contributed by atoms with van der Waals surface area (Å²) in [7, 11) is -0.00269. The summed E-state index contributed by atoms with van der Waals surface area (Å²) in [4.78, 5) is 2.64. The molecule has 2 heterocycles. The summed E-state index contributed by atoms with van der Waals surface area (Å²) in [5.41, 5.74) is -0.349. The molecule has 0 saturated carbocycles. The lowest BCUT2D eigenvalue weighted by molar-refractivity contribution is 0.00578. The molecule has 0 unspecified atom stereocenters. The van der Waals surface area contributed by atoms with Crippen molar-refractivity contribution in [2.45, 2.75) is 90.2 Å². The van der Waals surface area contributed by atoms with Crippen LogP contribution in [0.2, 0.25) is 6.32 Å². The molecule has 0 spiro atoms. The molecule has 0 aromatic carbocycles. The zero-order valence-electron chi connectivity index (χ0n) is 14.6. The molecule has 0 atom stereocenters. The van der Waals surface area contributed by atoms with Gasteiger partial charge in [-0.15, -0.1) is 0 Å². The van der Waals surface area contributed by atoms with Gasteiger partial charge in [-0.3, -0.25) is 0 Å². The van der Waals surface area contributed by atoms with Crippen molar-refractivity contribution in [3.8, 4) is 0 Å². The van der Waals surface area contributed by atoms with Gasteiger partial charge < -0.3 is 14.2 Å².